The molecule has 0 spiro atoms. The Labute approximate surface area is 84.6 Å². The molecule has 0 aliphatic rings. The van der Waals surface area contributed by atoms with Crippen LogP contribution in [-0.2, 0) is 6.54 Å². The van der Waals surface area contributed by atoms with E-state index in [1.54, 1.807) is 12.5 Å². The van der Waals surface area contributed by atoms with Crippen LogP contribution in [0.2, 0.25) is 0 Å². The molecule has 6 heteroatoms. The molecular formula is C8H8N4OS. The molecule has 0 atom stereocenters. The first-order valence-corrected chi connectivity index (χ1v) is 4.81. The molecule has 0 saturated heterocycles. The lowest BCUT2D eigenvalue weighted by atomic mass is 10.4. The highest BCUT2D eigenvalue weighted by Crippen LogP contribution is 2.10. The third-order valence-electron chi connectivity index (χ3n) is 1.85. The molecule has 0 amide bonds. The smallest absolute Gasteiger partial charge is 0.169 e. The SMILES string of the molecule is Cc1nnsc1Cn1cnc(C=O)c1. The summed E-state index contributed by atoms with van der Waals surface area (Å²) in [5, 5.41) is 3.90. The zero-order valence-electron chi connectivity index (χ0n) is 7.54. The second-order valence-electron chi connectivity index (χ2n) is 2.87. The summed E-state index contributed by atoms with van der Waals surface area (Å²) in [6.07, 6.45) is 4.06. The van der Waals surface area contributed by atoms with Gasteiger partial charge in [-0.2, -0.15) is 0 Å². The minimum Gasteiger partial charge on any atom is -0.331 e. The summed E-state index contributed by atoms with van der Waals surface area (Å²) in [6.45, 7) is 2.58. The van der Waals surface area contributed by atoms with Gasteiger partial charge < -0.3 is 4.57 Å². The first kappa shape index (κ1) is 9.01. The zero-order chi connectivity index (χ0) is 9.97. The Kier molecular flexibility index (Phi) is 2.36. The summed E-state index contributed by atoms with van der Waals surface area (Å²) < 4.78 is 5.67. The van der Waals surface area contributed by atoms with Crippen LogP contribution in [0.5, 0.6) is 0 Å². The van der Waals surface area contributed by atoms with Gasteiger partial charge in [0.15, 0.2) is 6.29 Å². The quantitative estimate of drug-likeness (QED) is 0.703. The van der Waals surface area contributed by atoms with Crippen molar-refractivity contribution in [2.24, 2.45) is 0 Å². The van der Waals surface area contributed by atoms with Crippen molar-refractivity contribution in [1.82, 2.24) is 19.1 Å². The van der Waals surface area contributed by atoms with Crippen LogP contribution in [0, 0.1) is 6.92 Å². The highest BCUT2D eigenvalue weighted by Gasteiger charge is 2.04. The number of aromatic nitrogens is 4. The van der Waals surface area contributed by atoms with Crippen molar-refractivity contribution in [2.45, 2.75) is 13.5 Å². The maximum absolute atomic E-state index is 10.4. The Morgan fingerprint density at radius 1 is 1.64 bits per heavy atom. The van der Waals surface area contributed by atoms with Crippen molar-refractivity contribution in [3.63, 3.8) is 0 Å². The maximum atomic E-state index is 10.4. The lowest BCUT2D eigenvalue weighted by Gasteiger charge is -1.97. The number of aryl methyl sites for hydroxylation is 1. The van der Waals surface area contributed by atoms with Crippen molar-refractivity contribution < 1.29 is 4.79 Å². The number of carbonyl (C=O) groups is 1. The monoisotopic (exact) mass is 208 g/mol. The Morgan fingerprint density at radius 2 is 2.50 bits per heavy atom. The van der Waals surface area contributed by atoms with E-state index in [4.69, 9.17) is 0 Å². The summed E-state index contributed by atoms with van der Waals surface area (Å²) >= 11 is 1.36. The van der Waals surface area contributed by atoms with Gasteiger partial charge in [-0.05, 0) is 18.5 Å². The number of hydrogen-bond acceptors (Lipinski definition) is 5. The van der Waals surface area contributed by atoms with Gasteiger partial charge in [0.1, 0.15) is 5.69 Å². The minimum atomic E-state index is 0.445. The van der Waals surface area contributed by atoms with E-state index in [2.05, 4.69) is 14.6 Å². The normalized spacial score (nSPS) is 10.4. The molecule has 2 rings (SSSR count). The molecule has 14 heavy (non-hydrogen) atoms. The van der Waals surface area contributed by atoms with Crippen LogP contribution in [0.15, 0.2) is 12.5 Å². The molecular weight excluding hydrogens is 200 g/mol. The second kappa shape index (κ2) is 3.67. The predicted octanol–water partition coefficient (Wildman–Crippen LogP) is 0.904. The highest BCUT2D eigenvalue weighted by molar-refractivity contribution is 7.05. The number of rotatable bonds is 3. The number of carbonyl (C=O) groups excluding carboxylic acids is 1. The first-order chi connectivity index (χ1) is 6.79. The van der Waals surface area contributed by atoms with Gasteiger partial charge in [0, 0.05) is 6.20 Å². The lowest BCUT2D eigenvalue weighted by Crippen LogP contribution is -1.95. The third-order valence-corrected chi connectivity index (χ3v) is 2.65. The fourth-order valence-electron chi connectivity index (χ4n) is 1.09. The van der Waals surface area contributed by atoms with E-state index in [9.17, 15) is 4.79 Å². The molecule has 0 radical (unpaired) electrons. The molecule has 0 aromatic carbocycles. The lowest BCUT2D eigenvalue weighted by molar-refractivity contribution is 0.111. The van der Waals surface area contributed by atoms with Gasteiger partial charge in [0.25, 0.3) is 0 Å². The average Bonchev–Trinajstić information content (AvgIpc) is 2.77. The van der Waals surface area contributed by atoms with Gasteiger partial charge in [0.05, 0.1) is 23.4 Å². The van der Waals surface area contributed by atoms with Gasteiger partial charge in [-0.25, -0.2) is 4.98 Å². The number of hydrogen-bond donors (Lipinski definition) is 0. The van der Waals surface area contributed by atoms with Crippen LogP contribution in [0.1, 0.15) is 21.1 Å². The van der Waals surface area contributed by atoms with E-state index in [0.29, 0.717) is 12.2 Å². The number of imidazole rings is 1. The molecule has 5 nitrogen and oxygen atoms in total. The van der Waals surface area contributed by atoms with Crippen LogP contribution < -0.4 is 0 Å². The summed E-state index contributed by atoms with van der Waals surface area (Å²) in [5.74, 6) is 0. The van der Waals surface area contributed by atoms with E-state index in [-0.39, 0.29) is 0 Å². The second-order valence-corrected chi connectivity index (χ2v) is 3.71. The van der Waals surface area contributed by atoms with E-state index in [1.165, 1.54) is 11.5 Å². The maximum Gasteiger partial charge on any atom is 0.169 e. The Morgan fingerprint density at radius 3 is 3.07 bits per heavy atom. The van der Waals surface area contributed by atoms with E-state index in [0.717, 1.165) is 16.9 Å². The van der Waals surface area contributed by atoms with Crippen LogP contribution in [0.4, 0.5) is 0 Å². The van der Waals surface area contributed by atoms with Gasteiger partial charge in [-0.1, -0.05) is 4.49 Å². The van der Waals surface area contributed by atoms with Crippen LogP contribution in [0.25, 0.3) is 0 Å². The van der Waals surface area contributed by atoms with Gasteiger partial charge in [0.2, 0.25) is 0 Å². The Balaban J connectivity index is 2.18. The summed E-state index contributed by atoms with van der Waals surface area (Å²) in [5.41, 5.74) is 1.37. The highest BCUT2D eigenvalue weighted by atomic mass is 32.1. The first-order valence-electron chi connectivity index (χ1n) is 4.04. The van der Waals surface area contributed by atoms with E-state index in [1.807, 2.05) is 11.5 Å². The molecule has 0 aliphatic heterocycles. The average molecular weight is 208 g/mol. The molecule has 0 N–H and O–H groups in total. The van der Waals surface area contributed by atoms with Crippen molar-refractivity contribution >= 4 is 17.8 Å². The molecule has 72 valence electrons. The van der Waals surface area contributed by atoms with Crippen molar-refractivity contribution in [3.05, 3.63) is 28.8 Å². The van der Waals surface area contributed by atoms with Gasteiger partial charge in [-0.3, -0.25) is 4.79 Å². The van der Waals surface area contributed by atoms with E-state index < -0.39 is 0 Å². The molecule has 0 unspecified atom stereocenters. The molecule has 0 fully saturated rings. The number of aldehydes is 1. The largest absolute Gasteiger partial charge is 0.331 e. The fourth-order valence-corrected chi connectivity index (χ4v) is 1.73. The summed E-state index contributed by atoms with van der Waals surface area (Å²) in [6, 6.07) is 0. The Hall–Kier alpha value is -1.56. The standard InChI is InChI=1S/C8H8N4OS/c1-6-8(14-11-10-6)3-12-2-7(4-13)9-5-12/h2,4-5H,3H2,1H3. The van der Waals surface area contributed by atoms with Crippen LogP contribution >= 0.6 is 11.5 Å². The van der Waals surface area contributed by atoms with Crippen molar-refractivity contribution in [2.75, 3.05) is 0 Å². The molecule has 2 aromatic heterocycles. The van der Waals surface area contributed by atoms with Crippen molar-refractivity contribution in [1.29, 1.82) is 0 Å². The van der Waals surface area contributed by atoms with Crippen LogP contribution in [0.3, 0.4) is 0 Å². The zero-order valence-corrected chi connectivity index (χ0v) is 8.36. The van der Waals surface area contributed by atoms with Crippen LogP contribution in [-0.4, -0.2) is 25.4 Å². The summed E-state index contributed by atoms with van der Waals surface area (Å²) in [4.78, 5) is 15.4. The third kappa shape index (κ3) is 1.69. The van der Waals surface area contributed by atoms with Crippen molar-refractivity contribution in [3.8, 4) is 0 Å². The topological polar surface area (TPSA) is 60.7 Å². The fraction of sp³-hybridized carbons (Fsp3) is 0.250. The van der Waals surface area contributed by atoms with E-state index >= 15 is 0 Å². The summed E-state index contributed by atoms with van der Waals surface area (Å²) in [7, 11) is 0. The number of nitrogens with zero attached hydrogens (tertiary/aromatic N) is 4. The minimum absolute atomic E-state index is 0.445. The molecule has 0 aliphatic carbocycles. The predicted molar refractivity (Wildman–Crippen MR) is 51.4 cm³/mol. The molecule has 0 saturated carbocycles. The molecule has 0 bridgehead atoms. The Bertz CT molecular complexity index is 448. The van der Waals surface area contributed by atoms with Gasteiger partial charge >= 0.3 is 0 Å². The molecule has 2 aromatic rings. The molecule has 2 heterocycles. The van der Waals surface area contributed by atoms with Gasteiger partial charge in [-0.15, -0.1) is 5.10 Å².